The lowest BCUT2D eigenvalue weighted by Crippen LogP contribution is -2.62. The van der Waals surface area contributed by atoms with Gasteiger partial charge in [0.2, 0.25) is 5.91 Å². The molecule has 53 heavy (non-hydrogen) atoms. The van der Waals surface area contributed by atoms with Gasteiger partial charge in [-0.05, 0) is 93.1 Å². The number of hydrogen-bond acceptors (Lipinski definition) is 9. The summed E-state index contributed by atoms with van der Waals surface area (Å²) in [5.41, 5.74) is 4.08. The van der Waals surface area contributed by atoms with Gasteiger partial charge in [-0.2, -0.15) is 5.06 Å². The van der Waals surface area contributed by atoms with E-state index in [2.05, 4.69) is 50.2 Å². The number of likely N-dealkylation sites (N-methyl/N-ethyl adjacent to an activating group) is 1. The van der Waals surface area contributed by atoms with Gasteiger partial charge >= 0.3 is 0 Å². The summed E-state index contributed by atoms with van der Waals surface area (Å²) < 4.78 is 6.09. The lowest BCUT2D eigenvalue weighted by Gasteiger charge is -2.62. The molecule has 9 atom stereocenters. The monoisotopic (exact) mass is 735 g/mol. The van der Waals surface area contributed by atoms with Gasteiger partial charge in [-0.1, -0.05) is 52.8 Å². The average Bonchev–Trinajstić information content (AvgIpc) is 3.46. The minimum Gasteiger partial charge on any atom is -0.496 e. The molecule has 1 aliphatic heterocycles. The Morgan fingerprint density at radius 3 is 2.38 bits per heavy atom. The molecule has 1 saturated heterocycles. The van der Waals surface area contributed by atoms with E-state index in [1.807, 2.05) is 69.5 Å². The molecule has 1 heterocycles. The van der Waals surface area contributed by atoms with Gasteiger partial charge in [0.05, 0.1) is 26.4 Å². The van der Waals surface area contributed by atoms with E-state index < -0.39 is 24.2 Å². The maximum Gasteiger partial charge on any atom is 0.251 e. The predicted octanol–water partition coefficient (Wildman–Crippen LogP) is 4.79. The molecule has 3 aliphatic carbocycles. The Labute approximate surface area is 317 Å². The van der Waals surface area contributed by atoms with E-state index >= 15 is 0 Å². The summed E-state index contributed by atoms with van der Waals surface area (Å²) in [6.45, 7) is 13.5. The lowest BCUT2D eigenvalue weighted by molar-refractivity contribution is -0.183. The van der Waals surface area contributed by atoms with Crippen LogP contribution in [0.4, 0.5) is 5.69 Å². The van der Waals surface area contributed by atoms with Gasteiger partial charge in [0.25, 0.3) is 5.91 Å². The number of nitrogens with zero attached hydrogens (tertiary/aromatic N) is 3. The van der Waals surface area contributed by atoms with E-state index in [9.17, 15) is 19.8 Å². The Morgan fingerprint density at radius 1 is 1.09 bits per heavy atom. The normalized spacial score (nSPS) is 27.6. The minimum atomic E-state index is -0.895. The fourth-order valence-corrected chi connectivity index (χ4v) is 9.44. The van der Waals surface area contributed by atoms with Crippen LogP contribution < -0.4 is 20.3 Å². The van der Waals surface area contributed by atoms with Gasteiger partial charge in [0.15, 0.2) is 0 Å². The zero-order valence-electron chi connectivity index (χ0n) is 33.8. The van der Waals surface area contributed by atoms with Crippen molar-refractivity contribution in [3.63, 3.8) is 0 Å². The topological polar surface area (TPSA) is 127 Å². The quantitative estimate of drug-likeness (QED) is 0.204. The van der Waals surface area contributed by atoms with Crippen molar-refractivity contribution < 1.29 is 29.4 Å². The Kier molecular flexibility index (Phi) is 12.9. The second kappa shape index (κ2) is 16.7. The van der Waals surface area contributed by atoms with Crippen molar-refractivity contribution >= 4 is 17.5 Å². The Morgan fingerprint density at radius 2 is 1.81 bits per heavy atom. The van der Waals surface area contributed by atoms with Gasteiger partial charge in [-0.25, -0.2) is 0 Å². The summed E-state index contributed by atoms with van der Waals surface area (Å²) >= 11 is 0. The number of ether oxygens (including phenoxy) is 1. The predicted molar refractivity (Wildman–Crippen MR) is 210 cm³/mol. The first-order chi connectivity index (χ1) is 25.0. The molecule has 2 bridgehead atoms. The maximum absolute atomic E-state index is 14.3. The van der Waals surface area contributed by atoms with E-state index in [4.69, 9.17) is 9.57 Å². The highest BCUT2D eigenvalue weighted by Gasteiger charge is 2.57. The maximum atomic E-state index is 14.3. The Bertz CT molecular complexity index is 1580. The van der Waals surface area contributed by atoms with Crippen LogP contribution in [-0.2, 0) is 16.2 Å². The van der Waals surface area contributed by atoms with Crippen LogP contribution >= 0.6 is 0 Å². The highest BCUT2D eigenvalue weighted by Crippen LogP contribution is 2.61. The van der Waals surface area contributed by atoms with Crippen LogP contribution in [0.3, 0.4) is 0 Å². The van der Waals surface area contributed by atoms with Crippen LogP contribution in [0.15, 0.2) is 36.4 Å². The van der Waals surface area contributed by atoms with Gasteiger partial charge < -0.3 is 35.4 Å². The highest BCUT2D eigenvalue weighted by atomic mass is 16.7. The fourth-order valence-electron chi connectivity index (χ4n) is 9.44. The fraction of sp³-hybridized carbons (Fsp3) is 0.667. The van der Waals surface area contributed by atoms with E-state index in [1.54, 1.807) is 19.1 Å². The van der Waals surface area contributed by atoms with E-state index in [0.29, 0.717) is 35.0 Å². The Balaban J connectivity index is 1.45. The molecule has 0 radical (unpaired) electrons. The second-order valence-electron chi connectivity index (χ2n) is 17.5. The molecule has 0 unspecified atom stereocenters. The van der Waals surface area contributed by atoms with Crippen molar-refractivity contribution in [3.05, 3.63) is 47.5 Å². The highest BCUT2D eigenvalue weighted by molar-refractivity contribution is 5.97. The molecular weight excluding hydrogens is 670 g/mol. The van der Waals surface area contributed by atoms with Gasteiger partial charge in [-0.3, -0.25) is 14.4 Å². The smallest absolute Gasteiger partial charge is 0.251 e. The van der Waals surface area contributed by atoms with Crippen molar-refractivity contribution in [2.24, 2.45) is 35.0 Å². The standard InChI is InChI=1S/C42H65N5O6/c1-24(2)15-31(22-45(7)8)43-40(50)29-16-28(17-32(18-29)46(9)10)33-14-12-13-27(39(33)52-11)21-47-38(37(26(4)49)36(23-48)53-47)41(51)44-35-20-30-19-34(25(35)3)42(30,5)6/h12-14,16-18,24-26,30-31,34-38,48-49H,15,19-23H2,1-11H3,(H,43,50)(H,44,51)/t25-,26-,30+,31+,34-,35+,36-,37+,38-/m0/s1. The largest absolute Gasteiger partial charge is 0.496 e. The number of rotatable bonds is 15. The molecule has 0 spiro atoms. The molecule has 2 aromatic carbocycles. The van der Waals surface area contributed by atoms with E-state index in [0.717, 1.165) is 41.8 Å². The number of hydroxylamine groups is 2. The number of methoxy groups -OCH3 is 1. The number of nitrogens with one attached hydrogen (secondary N) is 2. The first kappa shape index (κ1) is 41.0. The first-order valence-electron chi connectivity index (χ1n) is 19.4. The van der Waals surface area contributed by atoms with Crippen LogP contribution in [0, 0.1) is 35.0 Å². The zero-order chi connectivity index (χ0) is 38.9. The summed E-state index contributed by atoms with van der Waals surface area (Å²) in [7, 11) is 9.54. The summed E-state index contributed by atoms with van der Waals surface area (Å²) in [6, 6.07) is 10.9. The Hall–Kier alpha value is -3.22. The van der Waals surface area contributed by atoms with E-state index in [1.165, 1.54) is 6.42 Å². The molecule has 2 aromatic rings. The molecule has 3 saturated carbocycles. The zero-order valence-corrected chi connectivity index (χ0v) is 33.8. The van der Waals surface area contributed by atoms with Gasteiger partial charge in [0, 0.05) is 61.0 Å². The van der Waals surface area contributed by atoms with Crippen LogP contribution in [0.25, 0.3) is 11.1 Å². The molecule has 6 rings (SSSR count). The molecule has 4 N–H and O–H groups in total. The molecule has 294 valence electrons. The van der Waals surface area contributed by atoms with Crippen molar-refractivity contribution in [2.45, 2.75) is 97.7 Å². The van der Waals surface area contributed by atoms with Crippen LogP contribution in [0.2, 0.25) is 0 Å². The number of hydrogen-bond donors (Lipinski definition) is 4. The lowest BCUT2D eigenvalue weighted by atomic mass is 9.45. The third kappa shape index (κ3) is 8.70. The summed E-state index contributed by atoms with van der Waals surface area (Å²) in [4.78, 5) is 38.4. The van der Waals surface area contributed by atoms with Crippen LogP contribution in [0.5, 0.6) is 5.75 Å². The number of aliphatic hydroxyl groups excluding tert-OH is 2. The summed E-state index contributed by atoms with van der Waals surface area (Å²) in [5.74, 6) is 1.52. The summed E-state index contributed by atoms with van der Waals surface area (Å²) in [5, 5.41) is 29.5. The van der Waals surface area contributed by atoms with Gasteiger partial charge in [0.1, 0.15) is 17.9 Å². The number of anilines is 1. The first-order valence-corrected chi connectivity index (χ1v) is 19.4. The molecular formula is C42H65N5O6. The molecule has 2 amide bonds. The molecule has 4 fully saturated rings. The molecule has 11 heteroatoms. The molecule has 4 aliphatic rings. The number of amides is 2. The SMILES string of the molecule is COc1c(CN2O[C@@H](CO)[C@@H]([C@H](C)O)[C@H]2C(=O)N[C@@H]2C[C@H]3C[C@@H]([C@@H]2C)C3(C)C)cccc1-c1cc(C(=O)N[C@H](CC(C)C)CN(C)C)cc(N(C)C)c1. The van der Waals surface area contributed by atoms with Crippen molar-refractivity contribution in [1.29, 1.82) is 0 Å². The number of fused-ring (bicyclic) bond motifs is 2. The number of carbonyl (C=O) groups is 2. The molecule has 11 nitrogen and oxygen atoms in total. The van der Waals surface area contributed by atoms with Crippen LogP contribution in [0.1, 0.15) is 76.7 Å². The third-order valence-corrected chi connectivity index (χ3v) is 12.4. The summed E-state index contributed by atoms with van der Waals surface area (Å²) in [6.07, 6.45) is 1.36. The van der Waals surface area contributed by atoms with Crippen molar-refractivity contribution in [1.82, 2.24) is 20.6 Å². The van der Waals surface area contributed by atoms with Crippen molar-refractivity contribution in [3.8, 4) is 16.9 Å². The number of benzene rings is 2. The average molecular weight is 736 g/mol. The molecule has 0 aromatic heterocycles. The van der Waals surface area contributed by atoms with Gasteiger partial charge in [-0.15, -0.1) is 0 Å². The van der Waals surface area contributed by atoms with Crippen LogP contribution in [-0.4, -0.2) is 111 Å². The number of para-hydroxylation sites is 1. The third-order valence-electron chi connectivity index (χ3n) is 12.4. The minimum absolute atomic E-state index is 0.000458. The van der Waals surface area contributed by atoms with Crippen molar-refractivity contribution in [2.75, 3.05) is 53.4 Å². The second-order valence-corrected chi connectivity index (χ2v) is 17.5. The number of carbonyl (C=O) groups excluding carboxylic acids is 2. The number of aliphatic hydroxyl groups is 2. The van der Waals surface area contributed by atoms with E-state index in [-0.39, 0.29) is 42.5 Å².